The van der Waals surface area contributed by atoms with E-state index in [0.29, 0.717) is 0 Å². The van der Waals surface area contributed by atoms with Gasteiger partial charge in [-0.25, -0.2) is 9.78 Å². The van der Waals surface area contributed by atoms with Crippen molar-refractivity contribution in [1.82, 2.24) is 4.98 Å². The average Bonchev–Trinajstić information content (AvgIpc) is 2.37. The van der Waals surface area contributed by atoms with E-state index in [9.17, 15) is 20.0 Å². The molecule has 0 spiro atoms. The number of anilines is 1. The van der Waals surface area contributed by atoms with Gasteiger partial charge in [0, 0.05) is 12.3 Å². The first kappa shape index (κ1) is 15.2. The number of pyridine rings is 1. The smallest absolute Gasteiger partial charge is 0.329 e. The van der Waals surface area contributed by atoms with E-state index in [4.69, 9.17) is 11.6 Å². The first-order chi connectivity index (χ1) is 8.86. The summed E-state index contributed by atoms with van der Waals surface area (Å²) < 4.78 is 0. The number of nitrogens with one attached hydrogen (secondary N) is 1. The van der Waals surface area contributed by atoms with Gasteiger partial charge in [0.2, 0.25) is 5.82 Å². The molecular formula is C11H14ClN3O4. The Labute approximate surface area is 114 Å². The maximum absolute atomic E-state index is 11.3. The molecule has 0 amide bonds. The van der Waals surface area contributed by atoms with Crippen molar-refractivity contribution < 1.29 is 14.8 Å². The van der Waals surface area contributed by atoms with E-state index in [1.807, 2.05) is 0 Å². The molecule has 19 heavy (non-hydrogen) atoms. The van der Waals surface area contributed by atoms with Gasteiger partial charge >= 0.3 is 11.7 Å². The lowest BCUT2D eigenvalue weighted by molar-refractivity contribution is -0.384. The molecule has 2 N–H and O–H groups in total. The first-order valence-corrected chi connectivity index (χ1v) is 6.05. The molecule has 0 radical (unpaired) electrons. The minimum absolute atomic E-state index is 0.0968. The van der Waals surface area contributed by atoms with E-state index >= 15 is 0 Å². The van der Waals surface area contributed by atoms with Crippen molar-refractivity contribution in [2.45, 2.75) is 32.2 Å². The topological polar surface area (TPSA) is 105 Å². The number of carboxylic acids is 1. The van der Waals surface area contributed by atoms with Crippen molar-refractivity contribution in [3.8, 4) is 0 Å². The molecule has 0 fully saturated rings. The summed E-state index contributed by atoms with van der Waals surface area (Å²) >= 11 is 5.65. The highest BCUT2D eigenvalue weighted by molar-refractivity contribution is 6.30. The van der Waals surface area contributed by atoms with Gasteiger partial charge < -0.3 is 10.4 Å². The minimum atomic E-state index is -1.29. The molecule has 1 aromatic heterocycles. The van der Waals surface area contributed by atoms with Crippen LogP contribution < -0.4 is 5.32 Å². The fourth-order valence-corrected chi connectivity index (χ4v) is 1.83. The monoisotopic (exact) mass is 287 g/mol. The Morgan fingerprint density at radius 1 is 1.58 bits per heavy atom. The molecular weight excluding hydrogens is 274 g/mol. The zero-order valence-corrected chi connectivity index (χ0v) is 11.3. The zero-order chi connectivity index (χ0) is 14.6. The maximum atomic E-state index is 11.3. The molecule has 0 aromatic carbocycles. The Hall–Kier alpha value is -1.89. The Morgan fingerprint density at radius 2 is 2.16 bits per heavy atom. The molecule has 0 aliphatic rings. The summed E-state index contributed by atoms with van der Waals surface area (Å²) in [5, 5.41) is 23.0. The number of halogens is 1. The summed E-state index contributed by atoms with van der Waals surface area (Å²) in [6.07, 6.45) is 1.76. The van der Waals surface area contributed by atoms with Gasteiger partial charge in [-0.1, -0.05) is 25.4 Å². The maximum Gasteiger partial charge on any atom is 0.329 e. The number of aromatic nitrogens is 1. The van der Waals surface area contributed by atoms with E-state index in [1.165, 1.54) is 6.20 Å². The lowest BCUT2D eigenvalue weighted by Gasteiger charge is -2.28. The lowest BCUT2D eigenvalue weighted by Crippen LogP contribution is -2.45. The van der Waals surface area contributed by atoms with Crippen LogP contribution in [0.3, 0.4) is 0 Å². The molecule has 104 valence electrons. The number of carboxylic acid groups (broad SMARTS) is 1. The van der Waals surface area contributed by atoms with E-state index in [0.717, 1.165) is 6.07 Å². The number of nitro groups is 1. The fourth-order valence-electron chi connectivity index (χ4n) is 1.67. The summed E-state index contributed by atoms with van der Waals surface area (Å²) in [6.45, 7) is 3.37. The Balaban J connectivity index is 3.24. The first-order valence-electron chi connectivity index (χ1n) is 5.67. The molecule has 0 atom stereocenters. The number of rotatable bonds is 6. The molecule has 0 saturated carbocycles. The third-order valence-corrected chi connectivity index (χ3v) is 3.21. The van der Waals surface area contributed by atoms with Crippen LogP contribution in [0.2, 0.25) is 5.02 Å². The van der Waals surface area contributed by atoms with Gasteiger partial charge in [0.05, 0.1) is 9.95 Å². The highest BCUT2D eigenvalue weighted by Crippen LogP contribution is 2.30. The highest BCUT2D eigenvalue weighted by atomic mass is 35.5. The number of hydrogen-bond acceptors (Lipinski definition) is 5. The molecule has 0 saturated heterocycles. The van der Waals surface area contributed by atoms with Crippen molar-refractivity contribution in [2.75, 3.05) is 5.32 Å². The van der Waals surface area contributed by atoms with E-state index in [-0.39, 0.29) is 29.4 Å². The van der Waals surface area contributed by atoms with Crippen LogP contribution in [0.1, 0.15) is 26.7 Å². The van der Waals surface area contributed by atoms with Crippen LogP contribution >= 0.6 is 11.6 Å². The Kier molecular flexibility index (Phi) is 4.66. The second-order valence-corrected chi connectivity index (χ2v) is 4.43. The van der Waals surface area contributed by atoms with E-state index in [1.54, 1.807) is 13.8 Å². The molecule has 1 rings (SSSR count). The van der Waals surface area contributed by atoms with Crippen molar-refractivity contribution >= 4 is 29.1 Å². The molecule has 0 aliphatic carbocycles. The molecule has 1 heterocycles. The van der Waals surface area contributed by atoms with Gasteiger partial charge in [-0.2, -0.15) is 0 Å². The van der Waals surface area contributed by atoms with Crippen molar-refractivity contribution in [2.24, 2.45) is 0 Å². The van der Waals surface area contributed by atoms with Crippen LogP contribution in [0.5, 0.6) is 0 Å². The summed E-state index contributed by atoms with van der Waals surface area (Å²) in [5.41, 5.74) is -1.63. The van der Waals surface area contributed by atoms with Crippen LogP contribution in [0.25, 0.3) is 0 Å². The van der Waals surface area contributed by atoms with Crippen LogP contribution in [0.15, 0.2) is 12.3 Å². The third-order valence-electron chi connectivity index (χ3n) is 3.01. The molecule has 0 aliphatic heterocycles. The van der Waals surface area contributed by atoms with Crippen molar-refractivity contribution in [1.29, 1.82) is 0 Å². The van der Waals surface area contributed by atoms with Gasteiger partial charge in [-0.3, -0.25) is 10.1 Å². The largest absolute Gasteiger partial charge is 0.480 e. The summed E-state index contributed by atoms with van der Waals surface area (Å²) in [4.78, 5) is 25.4. The van der Waals surface area contributed by atoms with E-state index in [2.05, 4.69) is 10.3 Å². The predicted molar refractivity (Wildman–Crippen MR) is 70.5 cm³/mol. The zero-order valence-electron chi connectivity index (χ0n) is 10.5. The SMILES string of the molecule is CCC(CC)(Nc1ncc(Cl)cc1[N+](=O)[O-])C(=O)O. The van der Waals surface area contributed by atoms with Crippen LogP contribution in [0.4, 0.5) is 11.5 Å². The molecule has 8 heteroatoms. The van der Waals surface area contributed by atoms with Gasteiger partial charge in [0.15, 0.2) is 0 Å². The second-order valence-electron chi connectivity index (χ2n) is 4.00. The summed E-state index contributed by atoms with van der Waals surface area (Å²) in [7, 11) is 0. The number of aliphatic carboxylic acids is 1. The normalized spacial score (nSPS) is 11.1. The highest BCUT2D eigenvalue weighted by Gasteiger charge is 2.37. The van der Waals surface area contributed by atoms with Crippen LogP contribution in [0, 0.1) is 10.1 Å². The quantitative estimate of drug-likeness (QED) is 0.615. The number of hydrogen-bond donors (Lipinski definition) is 2. The van der Waals surface area contributed by atoms with Gasteiger partial charge in [0.1, 0.15) is 5.54 Å². The van der Waals surface area contributed by atoms with Crippen LogP contribution in [-0.4, -0.2) is 26.5 Å². The fraction of sp³-hybridized carbons (Fsp3) is 0.455. The van der Waals surface area contributed by atoms with Crippen molar-refractivity contribution in [3.05, 3.63) is 27.4 Å². The van der Waals surface area contributed by atoms with Gasteiger partial charge in [0.25, 0.3) is 0 Å². The van der Waals surface area contributed by atoms with Crippen LogP contribution in [-0.2, 0) is 4.79 Å². The average molecular weight is 288 g/mol. The second kappa shape index (κ2) is 5.83. The van der Waals surface area contributed by atoms with E-state index < -0.39 is 16.4 Å². The predicted octanol–water partition coefficient (Wildman–Crippen LogP) is 2.70. The Bertz CT molecular complexity index is 503. The summed E-state index contributed by atoms with van der Waals surface area (Å²) in [5.74, 6) is -1.18. The molecule has 7 nitrogen and oxygen atoms in total. The minimum Gasteiger partial charge on any atom is -0.480 e. The van der Waals surface area contributed by atoms with Gasteiger partial charge in [-0.05, 0) is 12.8 Å². The lowest BCUT2D eigenvalue weighted by atomic mass is 9.93. The number of carbonyl (C=O) groups is 1. The molecule has 0 unspecified atom stereocenters. The van der Waals surface area contributed by atoms with Gasteiger partial charge in [-0.15, -0.1) is 0 Å². The Morgan fingerprint density at radius 3 is 2.58 bits per heavy atom. The summed E-state index contributed by atoms with van der Waals surface area (Å²) in [6, 6.07) is 1.13. The standard InChI is InChI=1S/C11H14ClN3O4/c1-3-11(4-2,10(16)17)14-9-8(15(18)19)5-7(12)6-13-9/h5-6H,3-4H2,1-2H3,(H,13,14)(H,16,17). The molecule has 0 bridgehead atoms. The molecule has 1 aromatic rings. The third kappa shape index (κ3) is 3.11. The number of nitrogens with zero attached hydrogens (tertiary/aromatic N) is 2. The van der Waals surface area contributed by atoms with Crippen molar-refractivity contribution in [3.63, 3.8) is 0 Å².